The van der Waals surface area contributed by atoms with E-state index in [4.69, 9.17) is 4.74 Å². The van der Waals surface area contributed by atoms with Crippen molar-refractivity contribution in [2.24, 2.45) is 0 Å². The number of rotatable bonds is 7. The lowest BCUT2D eigenvalue weighted by Gasteiger charge is -2.14. The molecule has 0 unspecified atom stereocenters. The molecule has 0 spiro atoms. The van der Waals surface area contributed by atoms with Gasteiger partial charge in [-0.2, -0.15) is 0 Å². The van der Waals surface area contributed by atoms with Gasteiger partial charge < -0.3 is 15.4 Å². The van der Waals surface area contributed by atoms with Crippen molar-refractivity contribution in [3.05, 3.63) is 47.4 Å². The molecular weight excluding hydrogens is 328 g/mol. The topological polar surface area (TPSA) is 76.1 Å². The number of hydrogen-bond donors (Lipinski definition) is 2. The van der Waals surface area contributed by atoms with E-state index in [-0.39, 0.29) is 5.91 Å². The highest BCUT2D eigenvalue weighted by atomic mass is 16.5. The van der Waals surface area contributed by atoms with Gasteiger partial charge in [-0.15, -0.1) is 0 Å². The minimum Gasteiger partial charge on any atom is -0.497 e. The Morgan fingerprint density at radius 3 is 2.62 bits per heavy atom. The van der Waals surface area contributed by atoms with Crippen LogP contribution in [0.15, 0.2) is 30.3 Å². The van der Waals surface area contributed by atoms with Gasteiger partial charge >= 0.3 is 0 Å². The van der Waals surface area contributed by atoms with Gasteiger partial charge in [0.1, 0.15) is 23.1 Å². The number of nitrogens with one attached hydrogen (secondary N) is 2. The number of amides is 1. The summed E-state index contributed by atoms with van der Waals surface area (Å²) in [5.74, 6) is 2.01. The number of methoxy groups -OCH3 is 1. The van der Waals surface area contributed by atoms with Crippen molar-refractivity contribution in [2.75, 3.05) is 19.0 Å². The van der Waals surface area contributed by atoms with Crippen molar-refractivity contribution in [3.63, 3.8) is 0 Å². The zero-order chi connectivity index (χ0) is 18.4. The summed E-state index contributed by atoms with van der Waals surface area (Å²) >= 11 is 0. The highest BCUT2D eigenvalue weighted by Gasteiger charge is 2.17. The fraction of sp³-hybridized carbons (Fsp3) is 0.450. The minimum atomic E-state index is -0.168. The van der Waals surface area contributed by atoms with E-state index in [0.717, 1.165) is 36.4 Å². The molecule has 3 rings (SSSR count). The van der Waals surface area contributed by atoms with Crippen molar-refractivity contribution >= 4 is 11.7 Å². The normalized spacial score (nSPS) is 14.2. The number of anilines is 1. The monoisotopic (exact) mass is 354 g/mol. The Balaban J connectivity index is 1.55. The quantitative estimate of drug-likeness (QED) is 0.799. The molecule has 0 saturated heterocycles. The lowest BCUT2D eigenvalue weighted by molar-refractivity contribution is 0.0948. The number of aromatic nitrogens is 2. The van der Waals surface area contributed by atoms with Crippen molar-refractivity contribution in [2.45, 2.75) is 45.1 Å². The third-order valence-corrected chi connectivity index (χ3v) is 4.64. The van der Waals surface area contributed by atoms with E-state index in [2.05, 4.69) is 20.6 Å². The molecule has 138 valence electrons. The van der Waals surface area contributed by atoms with Crippen LogP contribution in [0.2, 0.25) is 0 Å². The third kappa shape index (κ3) is 4.94. The van der Waals surface area contributed by atoms with Gasteiger partial charge in [-0.3, -0.25) is 4.79 Å². The van der Waals surface area contributed by atoms with E-state index in [0.29, 0.717) is 24.1 Å². The fourth-order valence-corrected chi connectivity index (χ4v) is 3.24. The molecule has 1 heterocycles. The van der Waals surface area contributed by atoms with Crippen LogP contribution in [0.5, 0.6) is 5.75 Å². The molecule has 0 bridgehead atoms. The molecule has 1 aromatic heterocycles. The first-order valence-corrected chi connectivity index (χ1v) is 9.17. The average Bonchev–Trinajstić information content (AvgIpc) is 3.14. The number of carbonyl (C=O) groups excluding carboxylic acids is 1. The zero-order valence-corrected chi connectivity index (χ0v) is 15.4. The second-order valence-corrected chi connectivity index (χ2v) is 6.67. The zero-order valence-electron chi connectivity index (χ0n) is 15.4. The van der Waals surface area contributed by atoms with Crippen LogP contribution in [-0.2, 0) is 6.42 Å². The second kappa shape index (κ2) is 8.65. The van der Waals surface area contributed by atoms with Crippen molar-refractivity contribution in [1.82, 2.24) is 15.3 Å². The molecule has 6 nitrogen and oxygen atoms in total. The number of benzene rings is 1. The summed E-state index contributed by atoms with van der Waals surface area (Å²) < 4.78 is 5.15. The molecular formula is C20H26N4O2. The Morgan fingerprint density at radius 2 is 1.92 bits per heavy atom. The van der Waals surface area contributed by atoms with Gasteiger partial charge in [-0.25, -0.2) is 9.97 Å². The molecule has 2 N–H and O–H groups in total. The largest absolute Gasteiger partial charge is 0.497 e. The Bertz CT molecular complexity index is 740. The standard InChI is InChI=1S/C20H26N4O2/c1-14-22-18(13-19(23-14)24-16-5-3-4-6-16)20(25)21-12-11-15-7-9-17(26-2)10-8-15/h7-10,13,16H,3-6,11-12H2,1-2H3,(H,21,25)(H,22,23,24). The van der Waals surface area contributed by atoms with Crippen LogP contribution < -0.4 is 15.4 Å². The van der Waals surface area contributed by atoms with Crippen LogP contribution in [0, 0.1) is 6.92 Å². The SMILES string of the molecule is COc1ccc(CCNC(=O)c2cc(NC3CCCC3)nc(C)n2)cc1. The maximum Gasteiger partial charge on any atom is 0.270 e. The number of hydrogen-bond acceptors (Lipinski definition) is 5. The maximum atomic E-state index is 12.4. The molecule has 1 aromatic carbocycles. The molecule has 1 saturated carbocycles. The molecule has 2 aromatic rings. The summed E-state index contributed by atoms with van der Waals surface area (Å²) in [6.45, 7) is 2.37. The number of nitrogens with zero attached hydrogens (tertiary/aromatic N) is 2. The minimum absolute atomic E-state index is 0.168. The Kier molecular flexibility index (Phi) is 6.04. The van der Waals surface area contributed by atoms with Gasteiger partial charge in [-0.05, 0) is 43.9 Å². The summed E-state index contributed by atoms with van der Waals surface area (Å²) in [4.78, 5) is 21.1. The molecule has 1 amide bonds. The van der Waals surface area contributed by atoms with Crippen LogP contribution in [0.1, 0.15) is 47.6 Å². The van der Waals surface area contributed by atoms with E-state index in [1.165, 1.54) is 12.8 Å². The third-order valence-electron chi connectivity index (χ3n) is 4.64. The van der Waals surface area contributed by atoms with Gasteiger partial charge in [0.05, 0.1) is 7.11 Å². The summed E-state index contributed by atoms with van der Waals surface area (Å²) in [5, 5.41) is 6.36. The van der Waals surface area contributed by atoms with Crippen LogP contribution in [0.4, 0.5) is 5.82 Å². The predicted octanol–water partition coefficient (Wildman–Crippen LogP) is 3.12. The lowest BCUT2D eigenvalue weighted by Crippen LogP contribution is -2.27. The van der Waals surface area contributed by atoms with Crippen molar-refractivity contribution in [1.29, 1.82) is 0 Å². The molecule has 0 radical (unpaired) electrons. The molecule has 6 heteroatoms. The fourth-order valence-electron chi connectivity index (χ4n) is 3.24. The van der Waals surface area contributed by atoms with Gasteiger partial charge in [0.15, 0.2) is 0 Å². The highest BCUT2D eigenvalue weighted by molar-refractivity contribution is 5.92. The van der Waals surface area contributed by atoms with Gasteiger partial charge in [-0.1, -0.05) is 25.0 Å². The van der Waals surface area contributed by atoms with Crippen LogP contribution in [0.25, 0.3) is 0 Å². The van der Waals surface area contributed by atoms with Crippen LogP contribution in [-0.4, -0.2) is 35.6 Å². The van der Waals surface area contributed by atoms with Crippen LogP contribution in [0.3, 0.4) is 0 Å². The van der Waals surface area contributed by atoms with E-state index in [9.17, 15) is 4.79 Å². The van der Waals surface area contributed by atoms with Crippen LogP contribution >= 0.6 is 0 Å². The molecule has 26 heavy (non-hydrogen) atoms. The van der Waals surface area contributed by atoms with Crippen molar-refractivity contribution in [3.8, 4) is 5.75 Å². The molecule has 1 fully saturated rings. The first-order chi connectivity index (χ1) is 12.6. The predicted molar refractivity (Wildman–Crippen MR) is 102 cm³/mol. The number of ether oxygens (including phenoxy) is 1. The second-order valence-electron chi connectivity index (χ2n) is 6.67. The number of carbonyl (C=O) groups is 1. The first kappa shape index (κ1) is 18.2. The van der Waals surface area contributed by atoms with E-state index < -0.39 is 0 Å². The van der Waals surface area contributed by atoms with Crippen molar-refractivity contribution < 1.29 is 9.53 Å². The molecule has 0 atom stereocenters. The van der Waals surface area contributed by atoms with Gasteiger partial charge in [0.25, 0.3) is 5.91 Å². The maximum absolute atomic E-state index is 12.4. The Labute approximate surface area is 154 Å². The summed E-state index contributed by atoms with van der Waals surface area (Å²) in [5.41, 5.74) is 1.56. The number of aryl methyl sites for hydroxylation is 1. The highest BCUT2D eigenvalue weighted by Crippen LogP contribution is 2.21. The Hall–Kier alpha value is -2.63. The Morgan fingerprint density at radius 1 is 1.19 bits per heavy atom. The van der Waals surface area contributed by atoms with Gasteiger partial charge in [0.2, 0.25) is 0 Å². The summed E-state index contributed by atoms with van der Waals surface area (Å²) in [7, 11) is 1.65. The first-order valence-electron chi connectivity index (χ1n) is 9.17. The molecule has 1 aliphatic rings. The lowest BCUT2D eigenvalue weighted by atomic mass is 10.1. The van der Waals surface area contributed by atoms with E-state index in [1.807, 2.05) is 31.2 Å². The summed E-state index contributed by atoms with van der Waals surface area (Å²) in [6.07, 6.45) is 5.58. The van der Waals surface area contributed by atoms with Gasteiger partial charge in [0, 0.05) is 18.7 Å². The van der Waals surface area contributed by atoms with E-state index in [1.54, 1.807) is 13.2 Å². The van der Waals surface area contributed by atoms with E-state index >= 15 is 0 Å². The molecule has 0 aliphatic heterocycles. The molecule has 1 aliphatic carbocycles. The smallest absolute Gasteiger partial charge is 0.270 e. The summed E-state index contributed by atoms with van der Waals surface area (Å²) in [6, 6.07) is 10.0. The average molecular weight is 354 g/mol.